The van der Waals surface area contributed by atoms with E-state index in [1.54, 1.807) is 24.3 Å². The summed E-state index contributed by atoms with van der Waals surface area (Å²) in [5.41, 5.74) is -0.223. The maximum Gasteiger partial charge on any atom is 0.411 e. The van der Waals surface area contributed by atoms with Crippen LogP contribution in [0, 0.1) is 5.95 Å². The van der Waals surface area contributed by atoms with Crippen molar-refractivity contribution in [3.63, 3.8) is 0 Å². The van der Waals surface area contributed by atoms with Crippen LogP contribution < -0.4 is 15.8 Å². The number of benzene rings is 1. The molecule has 5 rings (SSSR count). The van der Waals surface area contributed by atoms with Gasteiger partial charge in [-0.3, -0.25) is 0 Å². The van der Waals surface area contributed by atoms with Gasteiger partial charge in [-0.05, 0) is 54.8 Å². The van der Waals surface area contributed by atoms with Crippen molar-refractivity contribution in [2.24, 2.45) is 5.14 Å². The number of nitrogens with zero attached hydrogens (tertiary/aromatic N) is 4. The molecule has 14 heteroatoms. The van der Waals surface area contributed by atoms with Crippen molar-refractivity contribution in [3.8, 4) is 11.3 Å². The van der Waals surface area contributed by atoms with E-state index in [0.717, 1.165) is 6.07 Å². The number of pyridine rings is 2. The average Bonchev–Trinajstić information content (AvgIpc) is 3.64. The van der Waals surface area contributed by atoms with Gasteiger partial charge in [-0.1, -0.05) is 12.1 Å². The number of hydrogen-bond donors (Lipinski definition) is 3. The van der Waals surface area contributed by atoms with Gasteiger partial charge in [0.1, 0.15) is 11.1 Å². The molecule has 4 aromatic rings. The standard InChI is InChI=1S/C23H19F4N7O2S/c24-18-8-3-14(12-29-18)16-6-7-17-19(31-16)20(34-22(9-10-22)23(25,26)27)33-21(32-17)30-11-13-1-4-15(5-2-13)37(28,35)36/h1-8,12H,9-11H2,(H2,28,35,36)(H2,30,32,33,34). The number of hydrogen-bond acceptors (Lipinski definition) is 8. The number of nitrogens with two attached hydrogens (primary N) is 1. The molecular weight excluding hydrogens is 514 g/mol. The van der Waals surface area contributed by atoms with Crippen LogP contribution in [0.25, 0.3) is 22.3 Å². The summed E-state index contributed by atoms with van der Waals surface area (Å²) in [6, 6.07) is 11.6. The molecular formula is C23H19F4N7O2S. The highest BCUT2D eigenvalue weighted by Crippen LogP contribution is 2.51. The Bertz CT molecular complexity index is 1570. The zero-order valence-corrected chi connectivity index (χ0v) is 19.7. The van der Waals surface area contributed by atoms with E-state index in [-0.39, 0.29) is 47.1 Å². The highest BCUT2D eigenvalue weighted by molar-refractivity contribution is 7.89. The van der Waals surface area contributed by atoms with Gasteiger partial charge in [-0.2, -0.15) is 22.5 Å². The lowest BCUT2D eigenvalue weighted by atomic mass is 10.1. The van der Waals surface area contributed by atoms with E-state index in [1.165, 1.54) is 24.4 Å². The van der Waals surface area contributed by atoms with Crippen LogP contribution in [0.3, 0.4) is 0 Å². The van der Waals surface area contributed by atoms with Crippen LogP contribution >= 0.6 is 0 Å². The van der Waals surface area contributed by atoms with Crippen molar-refractivity contribution in [2.75, 3.05) is 10.6 Å². The lowest BCUT2D eigenvalue weighted by Gasteiger charge is -2.22. The molecule has 1 aliphatic rings. The fraction of sp³-hybridized carbons (Fsp3) is 0.217. The minimum absolute atomic E-state index is 0.0431. The van der Waals surface area contributed by atoms with E-state index in [1.807, 2.05) is 0 Å². The summed E-state index contributed by atoms with van der Waals surface area (Å²) < 4.78 is 77.2. The number of primary sulfonamides is 1. The van der Waals surface area contributed by atoms with Crippen molar-refractivity contribution in [1.82, 2.24) is 19.9 Å². The summed E-state index contributed by atoms with van der Waals surface area (Å²) in [5.74, 6) is -0.739. The normalized spacial score (nSPS) is 14.9. The largest absolute Gasteiger partial charge is 0.411 e. The Morgan fingerprint density at radius 2 is 1.70 bits per heavy atom. The zero-order chi connectivity index (χ0) is 26.4. The second-order valence-electron chi connectivity index (χ2n) is 8.58. The number of fused-ring (bicyclic) bond motifs is 1. The van der Waals surface area contributed by atoms with E-state index in [2.05, 4.69) is 30.6 Å². The zero-order valence-electron chi connectivity index (χ0n) is 18.9. The van der Waals surface area contributed by atoms with Crippen LogP contribution in [0.1, 0.15) is 18.4 Å². The lowest BCUT2D eigenvalue weighted by Crippen LogP contribution is -2.39. The third-order valence-corrected chi connectivity index (χ3v) is 6.85. The van der Waals surface area contributed by atoms with Crippen molar-refractivity contribution in [2.45, 2.75) is 36.0 Å². The Labute approximate surface area is 208 Å². The molecule has 3 heterocycles. The first-order valence-electron chi connectivity index (χ1n) is 10.9. The molecule has 37 heavy (non-hydrogen) atoms. The summed E-state index contributed by atoms with van der Waals surface area (Å²) in [6.07, 6.45) is -3.44. The molecule has 0 aliphatic heterocycles. The fourth-order valence-corrected chi connectivity index (χ4v) is 4.19. The lowest BCUT2D eigenvalue weighted by molar-refractivity contribution is -0.151. The minimum Gasteiger partial charge on any atom is -0.354 e. The van der Waals surface area contributed by atoms with Gasteiger partial charge in [0.2, 0.25) is 21.9 Å². The summed E-state index contributed by atoms with van der Waals surface area (Å²) in [6.45, 7) is 0.160. The molecule has 0 bridgehead atoms. The number of sulfonamides is 1. The van der Waals surface area contributed by atoms with Gasteiger partial charge in [0.15, 0.2) is 5.82 Å². The molecule has 0 amide bonds. The van der Waals surface area contributed by atoms with Gasteiger partial charge in [-0.25, -0.2) is 28.5 Å². The van der Waals surface area contributed by atoms with E-state index in [4.69, 9.17) is 5.14 Å². The summed E-state index contributed by atoms with van der Waals surface area (Å²) in [7, 11) is -3.84. The number of alkyl halides is 3. The molecule has 3 aromatic heterocycles. The van der Waals surface area contributed by atoms with Gasteiger partial charge in [0.05, 0.1) is 16.1 Å². The number of nitrogens with one attached hydrogen (secondary N) is 2. The van der Waals surface area contributed by atoms with Crippen molar-refractivity contribution < 1.29 is 26.0 Å². The maximum atomic E-state index is 13.7. The van der Waals surface area contributed by atoms with Crippen LogP contribution in [-0.4, -0.2) is 40.1 Å². The third kappa shape index (κ3) is 5.15. The van der Waals surface area contributed by atoms with Gasteiger partial charge in [-0.15, -0.1) is 0 Å². The van der Waals surface area contributed by atoms with E-state index in [0.29, 0.717) is 16.8 Å². The first-order chi connectivity index (χ1) is 17.4. The third-order valence-electron chi connectivity index (χ3n) is 5.92. The Morgan fingerprint density at radius 1 is 0.973 bits per heavy atom. The average molecular weight is 534 g/mol. The van der Waals surface area contributed by atoms with Crippen LogP contribution in [0.2, 0.25) is 0 Å². The summed E-state index contributed by atoms with van der Waals surface area (Å²) >= 11 is 0. The highest BCUT2D eigenvalue weighted by Gasteiger charge is 2.64. The Balaban J connectivity index is 1.49. The maximum absolute atomic E-state index is 13.7. The molecule has 1 aliphatic carbocycles. The molecule has 1 aromatic carbocycles. The molecule has 1 fully saturated rings. The molecule has 0 radical (unpaired) electrons. The van der Waals surface area contributed by atoms with E-state index in [9.17, 15) is 26.0 Å². The molecule has 4 N–H and O–H groups in total. The second kappa shape index (κ2) is 8.88. The smallest absolute Gasteiger partial charge is 0.354 e. The van der Waals surface area contributed by atoms with Crippen molar-refractivity contribution >= 4 is 32.8 Å². The quantitative estimate of drug-likeness (QED) is 0.240. The number of anilines is 2. The van der Waals surface area contributed by atoms with Gasteiger partial charge in [0, 0.05) is 18.3 Å². The SMILES string of the molecule is NS(=O)(=O)c1ccc(CNc2nc(NC3(C(F)(F)F)CC3)c3nc(-c4ccc(F)nc4)ccc3n2)cc1. The van der Waals surface area contributed by atoms with Crippen molar-refractivity contribution in [1.29, 1.82) is 0 Å². The molecule has 0 spiro atoms. The molecule has 0 unspecified atom stereocenters. The number of halogens is 4. The second-order valence-corrected chi connectivity index (χ2v) is 10.1. The highest BCUT2D eigenvalue weighted by atomic mass is 32.2. The number of rotatable bonds is 7. The van der Waals surface area contributed by atoms with Gasteiger partial charge < -0.3 is 10.6 Å². The Kier molecular flexibility index (Phi) is 5.95. The minimum atomic E-state index is -4.50. The molecule has 0 saturated heterocycles. The van der Waals surface area contributed by atoms with Gasteiger partial charge in [0.25, 0.3) is 0 Å². The molecule has 0 atom stereocenters. The summed E-state index contributed by atoms with van der Waals surface area (Å²) in [5, 5.41) is 10.6. The molecule has 9 nitrogen and oxygen atoms in total. The Hall–Kier alpha value is -3.91. The monoisotopic (exact) mass is 533 g/mol. The fourth-order valence-electron chi connectivity index (χ4n) is 3.68. The van der Waals surface area contributed by atoms with Crippen molar-refractivity contribution in [3.05, 3.63) is 66.2 Å². The predicted molar refractivity (Wildman–Crippen MR) is 127 cm³/mol. The molecule has 1 saturated carbocycles. The van der Waals surface area contributed by atoms with Gasteiger partial charge >= 0.3 is 6.18 Å². The number of aromatic nitrogens is 4. The van der Waals surface area contributed by atoms with Crippen LogP contribution in [0.5, 0.6) is 0 Å². The first kappa shape index (κ1) is 24.8. The van der Waals surface area contributed by atoms with Crippen LogP contribution in [0.4, 0.5) is 29.3 Å². The van der Waals surface area contributed by atoms with E-state index < -0.39 is 27.7 Å². The van der Waals surface area contributed by atoms with Crippen LogP contribution in [0.15, 0.2) is 59.6 Å². The Morgan fingerprint density at radius 3 is 2.30 bits per heavy atom. The topological polar surface area (TPSA) is 136 Å². The predicted octanol–water partition coefficient (Wildman–Crippen LogP) is 3.99. The van der Waals surface area contributed by atoms with Crippen LogP contribution in [-0.2, 0) is 16.6 Å². The first-order valence-corrected chi connectivity index (χ1v) is 12.5. The van der Waals surface area contributed by atoms with E-state index >= 15 is 0 Å². The summed E-state index contributed by atoms with van der Waals surface area (Å²) in [4.78, 5) is 16.6. The molecule has 192 valence electrons.